The smallest absolute Gasteiger partial charge is 0.0213 e. The highest BCUT2D eigenvalue weighted by Crippen LogP contribution is 2.62. The maximum Gasteiger partial charge on any atom is -0.0213 e. The number of hydrogen-bond acceptors (Lipinski definition) is 0. The van der Waals surface area contributed by atoms with Gasteiger partial charge in [0.15, 0.2) is 0 Å². The minimum atomic E-state index is 0.507. The molecule has 0 atom stereocenters. The van der Waals surface area contributed by atoms with Gasteiger partial charge in [-0.25, -0.2) is 0 Å². The number of unbranched alkanes of at least 4 members (excludes halogenated alkanes) is 78. The summed E-state index contributed by atoms with van der Waals surface area (Å²) in [4.78, 5) is 0. The van der Waals surface area contributed by atoms with E-state index in [0.29, 0.717) is 10.8 Å². The molecule has 0 radical (unpaired) electrons. The first-order chi connectivity index (χ1) is 50.6. The van der Waals surface area contributed by atoms with E-state index in [2.05, 4.69) is 48.5 Å². The van der Waals surface area contributed by atoms with Gasteiger partial charge in [-0.2, -0.15) is 0 Å². The lowest BCUT2D eigenvalue weighted by Gasteiger charge is -2.57. The van der Waals surface area contributed by atoms with Crippen LogP contribution in [0.4, 0.5) is 0 Å². The fraction of sp³-hybridized carbons (Fsp3) is 1.00. The summed E-state index contributed by atoms with van der Waals surface area (Å²) in [5.41, 5.74) is 1.02. The van der Waals surface area contributed by atoms with Crippen molar-refractivity contribution in [1.29, 1.82) is 0 Å². The molecule has 0 heteroatoms. The fourth-order valence-electron chi connectivity index (χ4n) is 19.4. The molecule has 0 aromatic carbocycles. The van der Waals surface area contributed by atoms with Gasteiger partial charge in [-0.15, -0.1) is 0 Å². The highest BCUT2D eigenvalue weighted by molar-refractivity contribution is 5.02. The van der Waals surface area contributed by atoms with Gasteiger partial charge in [0.1, 0.15) is 0 Å². The molecule has 0 aromatic heterocycles. The summed E-state index contributed by atoms with van der Waals surface area (Å²) < 4.78 is 0. The Hall–Kier alpha value is 0. The van der Waals surface area contributed by atoms with Crippen LogP contribution in [0.25, 0.3) is 0 Å². The van der Waals surface area contributed by atoms with Crippen molar-refractivity contribution in [1.82, 2.24) is 0 Å². The number of rotatable bonds is 94. The molecule has 0 rings (SSSR count). The van der Waals surface area contributed by atoms with Crippen LogP contribution >= 0.6 is 0 Å². The molecular weight excluding hydrogens is 1230 g/mol. The summed E-state index contributed by atoms with van der Waals surface area (Å²) in [7, 11) is 0. The predicted molar refractivity (Wildman–Crippen MR) is 473 cm³/mol. The minimum Gasteiger partial charge on any atom is -0.0654 e. The molecule has 0 spiro atoms. The molecule has 0 aliphatic rings. The monoisotopic (exact) mass is 1430 g/mol. The molecule has 0 fully saturated rings. The van der Waals surface area contributed by atoms with Crippen LogP contribution < -0.4 is 0 Å². The second kappa shape index (κ2) is 88.2. The molecule has 0 saturated carbocycles. The topological polar surface area (TPSA) is 0 Å². The zero-order chi connectivity index (χ0) is 73.6. The first-order valence-corrected chi connectivity index (χ1v) is 50.6. The van der Waals surface area contributed by atoms with Gasteiger partial charge in [0.2, 0.25) is 0 Å². The Morgan fingerprint density at radius 2 is 0.225 bits per heavy atom. The lowest BCUT2D eigenvalue weighted by molar-refractivity contribution is -0.0763. The molecule has 0 bridgehead atoms. The molecule has 0 nitrogen and oxygen atoms in total. The second-order valence-corrected chi connectivity index (χ2v) is 36.0. The van der Waals surface area contributed by atoms with E-state index in [9.17, 15) is 0 Å². The summed E-state index contributed by atoms with van der Waals surface area (Å²) in [6.45, 7) is 16.6. The lowest BCUT2D eigenvalue weighted by Crippen LogP contribution is -2.48. The van der Waals surface area contributed by atoms with Gasteiger partial charge in [0, 0.05) is 0 Å². The van der Waals surface area contributed by atoms with Gasteiger partial charge in [0.05, 0.1) is 0 Å². The van der Waals surface area contributed by atoms with E-state index in [0.717, 1.165) is 5.92 Å². The summed E-state index contributed by atoms with van der Waals surface area (Å²) in [6, 6.07) is 0. The van der Waals surface area contributed by atoms with Crippen molar-refractivity contribution in [2.45, 2.75) is 639 Å². The van der Waals surface area contributed by atoms with Crippen LogP contribution in [0.1, 0.15) is 639 Å². The Morgan fingerprint density at radius 3 is 0.363 bits per heavy atom. The third-order valence-corrected chi connectivity index (χ3v) is 26.4. The van der Waals surface area contributed by atoms with E-state index in [4.69, 9.17) is 0 Å². The Balaban J connectivity index is 7.68. The Kier molecular flexibility index (Phi) is 88.2. The van der Waals surface area contributed by atoms with Gasteiger partial charge >= 0.3 is 0 Å². The highest BCUT2D eigenvalue weighted by Gasteiger charge is 2.52. The Morgan fingerprint density at radius 1 is 0.118 bits per heavy atom. The first kappa shape index (κ1) is 102. The van der Waals surface area contributed by atoms with Crippen LogP contribution in [-0.4, -0.2) is 0 Å². The van der Waals surface area contributed by atoms with Crippen molar-refractivity contribution in [3.8, 4) is 0 Å². The predicted octanol–water partition coefficient (Wildman–Crippen LogP) is 39.6. The molecule has 0 aromatic rings. The van der Waals surface area contributed by atoms with Crippen molar-refractivity contribution >= 4 is 0 Å². The number of hydrogen-bond donors (Lipinski definition) is 0. The second-order valence-electron chi connectivity index (χ2n) is 36.0. The molecule has 0 aliphatic carbocycles. The third kappa shape index (κ3) is 69.2. The minimum absolute atomic E-state index is 0.507. The summed E-state index contributed by atoms with van der Waals surface area (Å²) in [5, 5.41) is 0. The molecular formula is C102H206. The van der Waals surface area contributed by atoms with Crippen molar-refractivity contribution in [3.63, 3.8) is 0 Å². The zero-order valence-corrected chi connectivity index (χ0v) is 73.6. The van der Waals surface area contributed by atoms with Crippen LogP contribution in [0.2, 0.25) is 0 Å². The molecule has 102 heavy (non-hydrogen) atoms. The highest BCUT2D eigenvalue weighted by atomic mass is 14.6. The standard InChI is InChI=1S/C102H206/c1-8-15-22-29-36-43-50-55-57-60-65-72-79-86-93-100(94-87-80-73-66-61-58-56-51-44-37-30-23-16-9-2)102(98-91-84-77-70-63-53-46-39-32-25-18-11-4,99-92-85-78-71-64-54-47-40-33-26-19-12-5)101(95-88-81-74-67-48-41-34-27-20-13-6,96-89-82-75-68-49-42-35-28-21-14-7)97-90-83-76-69-62-59-52-45-38-31-24-17-10-3/h100H,8-99H2,1-7H3. The van der Waals surface area contributed by atoms with Gasteiger partial charge in [0.25, 0.3) is 0 Å². The zero-order valence-electron chi connectivity index (χ0n) is 73.6. The Bertz CT molecular complexity index is 1350. The SMILES string of the molecule is CCCCCCCCCCCCCCCCC(CCCCCCCCCCCCCCCC)C(CCCCCCCCCCCCCC)(CCCCCCCCCCCCCC)C(CCCCCCCCCCCC)(CCCCCCCCCCCC)CCCCCCCCCCCCCCC. The van der Waals surface area contributed by atoms with Crippen LogP contribution in [0, 0.1) is 16.7 Å². The average Bonchev–Trinajstić information content (AvgIpc) is 0.751. The maximum absolute atomic E-state index is 2.39. The molecule has 0 saturated heterocycles. The van der Waals surface area contributed by atoms with Gasteiger partial charge in [-0.05, 0) is 61.7 Å². The van der Waals surface area contributed by atoms with Crippen LogP contribution in [0.15, 0.2) is 0 Å². The van der Waals surface area contributed by atoms with E-state index in [1.54, 1.807) is 57.8 Å². The van der Waals surface area contributed by atoms with Gasteiger partial charge < -0.3 is 0 Å². The third-order valence-electron chi connectivity index (χ3n) is 26.4. The van der Waals surface area contributed by atoms with Gasteiger partial charge in [-0.1, -0.05) is 594 Å². The molecule has 614 valence electrons. The van der Waals surface area contributed by atoms with Crippen LogP contribution in [0.5, 0.6) is 0 Å². The van der Waals surface area contributed by atoms with E-state index in [1.165, 1.54) is 533 Å². The molecule has 0 heterocycles. The van der Waals surface area contributed by atoms with Crippen LogP contribution in [-0.2, 0) is 0 Å². The Labute approximate surface area is 652 Å². The van der Waals surface area contributed by atoms with E-state index in [1.807, 2.05) is 0 Å². The van der Waals surface area contributed by atoms with E-state index >= 15 is 0 Å². The molecule has 0 N–H and O–H groups in total. The fourth-order valence-corrected chi connectivity index (χ4v) is 19.4. The average molecular weight is 1430 g/mol. The summed E-state index contributed by atoms with van der Waals surface area (Å²) in [5.74, 6) is 0.931. The molecule has 0 amide bonds. The maximum atomic E-state index is 2.39. The first-order valence-electron chi connectivity index (χ1n) is 50.6. The largest absolute Gasteiger partial charge is 0.0654 e. The molecule has 0 unspecified atom stereocenters. The van der Waals surface area contributed by atoms with Crippen LogP contribution in [0.3, 0.4) is 0 Å². The lowest BCUT2D eigenvalue weighted by atomic mass is 9.47. The quantitative estimate of drug-likeness (QED) is 0.0533. The summed E-state index contributed by atoms with van der Waals surface area (Å²) >= 11 is 0. The normalized spacial score (nSPS) is 12.2. The van der Waals surface area contributed by atoms with Crippen molar-refractivity contribution < 1.29 is 0 Å². The van der Waals surface area contributed by atoms with Gasteiger partial charge in [-0.3, -0.25) is 0 Å². The van der Waals surface area contributed by atoms with E-state index < -0.39 is 0 Å². The molecule has 0 aliphatic heterocycles. The van der Waals surface area contributed by atoms with Crippen molar-refractivity contribution in [2.75, 3.05) is 0 Å². The van der Waals surface area contributed by atoms with Crippen molar-refractivity contribution in [3.05, 3.63) is 0 Å². The summed E-state index contributed by atoms with van der Waals surface area (Å²) in [6.07, 6.45) is 137. The van der Waals surface area contributed by atoms with E-state index in [-0.39, 0.29) is 0 Å². The van der Waals surface area contributed by atoms with Crippen molar-refractivity contribution in [2.24, 2.45) is 16.7 Å².